The zero-order valence-electron chi connectivity index (χ0n) is 15.9. The molecular formula is C23H23NO3. The summed E-state index contributed by atoms with van der Waals surface area (Å²) in [6.45, 7) is 4.21. The summed E-state index contributed by atoms with van der Waals surface area (Å²) in [5, 5.41) is 0. The molecule has 138 valence electrons. The Morgan fingerprint density at radius 1 is 1.04 bits per heavy atom. The molecular weight excluding hydrogens is 338 g/mol. The minimum atomic E-state index is -0.941. The molecule has 1 aliphatic heterocycles. The number of methoxy groups -OCH3 is 1. The number of allylic oxidation sites excluding steroid dienone is 1. The van der Waals surface area contributed by atoms with Crippen molar-refractivity contribution in [1.82, 2.24) is 0 Å². The lowest BCUT2D eigenvalue weighted by atomic mass is 9.68. The minimum absolute atomic E-state index is 0.119. The molecule has 1 aliphatic carbocycles. The van der Waals surface area contributed by atoms with E-state index in [1.54, 1.807) is 7.11 Å². The van der Waals surface area contributed by atoms with Gasteiger partial charge < -0.3 is 9.47 Å². The highest BCUT2D eigenvalue weighted by Crippen LogP contribution is 2.50. The molecule has 4 heteroatoms. The average Bonchev–Trinajstić information content (AvgIpc) is 3.02. The van der Waals surface area contributed by atoms with Crippen molar-refractivity contribution in [2.24, 2.45) is 4.99 Å². The van der Waals surface area contributed by atoms with E-state index < -0.39 is 5.54 Å². The van der Waals surface area contributed by atoms with Crippen molar-refractivity contribution in [1.29, 1.82) is 0 Å². The van der Waals surface area contributed by atoms with E-state index in [-0.39, 0.29) is 11.9 Å². The zero-order valence-corrected chi connectivity index (χ0v) is 15.9. The number of para-hydroxylation sites is 1. The van der Waals surface area contributed by atoms with E-state index in [1.807, 2.05) is 54.6 Å². The molecule has 0 bridgehead atoms. The van der Waals surface area contributed by atoms with Gasteiger partial charge in [-0.2, -0.15) is 0 Å². The number of ether oxygens (including phenoxy) is 2. The van der Waals surface area contributed by atoms with Crippen molar-refractivity contribution >= 4 is 11.9 Å². The van der Waals surface area contributed by atoms with Crippen LogP contribution in [0.15, 0.2) is 70.7 Å². The van der Waals surface area contributed by atoms with Crippen LogP contribution >= 0.6 is 0 Å². The predicted octanol–water partition coefficient (Wildman–Crippen LogP) is 4.65. The molecule has 0 saturated carbocycles. The van der Waals surface area contributed by atoms with Gasteiger partial charge >= 0.3 is 5.97 Å². The molecule has 0 fully saturated rings. The lowest BCUT2D eigenvalue weighted by Gasteiger charge is -2.37. The summed E-state index contributed by atoms with van der Waals surface area (Å²) in [6.07, 6.45) is 1.32. The van der Waals surface area contributed by atoms with Crippen molar-refractivity contribution < 1.29 is 14.3 Å². The molecule has 0 unspecified atom stereocenters. The zero-order chi connectivity index (χ0) is 19.0. The fourth-order valence-electron chi connectivity index (χ4n) is 4.11. The summed E-state index contributed by atoms with van der Waals surface area (Å²) < 4.78 is 11.3. The fourth-order valence-corrected chi connectivity index (χ4v) is 4.11. The highest BCUT2D eigenvalue weighted by molar-refractivity contribution is 6.08. The van der Waals surface area contributed by atoms with E-state index in [1.165, 1.54) is 11.1 Å². The third kappa shape index (κ3) is 2.85. The van der Waals surface area contributed by atoms with E-state index in [4.69, 9.17) is 14.5 Å². The highest BCUT2D eigenvalue weighted by atomic mass is 16.6. The van der Waals surface area contributed by atoms with Crippen LogP contribution in [-0.4, -0.2) is 24.5 Å². The predicted molar refractivity (Wildman–Crippen MR) is 105 cm³/mol. The second kappa shape index (κ2) is 6.69. The Hall–Kier alpha value is -2.88. The maximum absolute atomic E-state index is 13.2. The van der Waals surface area contributed by atoms with Gasteiger partial charge in [0.1, 0.15) is 5.75 Å². The van der Waals surface area contributed by atoms with Crippen molar-refractivity contribution in [2.75, 3.05) is 7.11 Å². The summed E-state index contributed by atoms with van der Waals surface area (Å²) in [4.78, 5) is 18.1. The van der Waals surface area contributed by atoms with Crippen LogP contribution in [-0.2, 0) is 9.53 Å². The number of esters is 1. The van der Waals surface area contributed by atoms with Gasteiger partial charge in [-0.05, 0) is 38.5 Å². The number of carbonyl (C=O) groups excluding carboxylic acids is 1. The molecule has 2 aromatic carbocycles. The summed E-state index contributed by atoms with van der Waals surface area (Å²) in [5.74, 6) is 0.799. The van der Waals surface area contributed by atoms with E-state index in [9.17, 15) is 4.79 Å². The monoisotopic (exact) mass is 361 g/mol. The topological polar surface area (TPSA) is 47.9 Å². The Bertz CT molecular complexity index is 945. The molecule has 2 aromatic rings. The van der Waals surface area contributed by atoms with E-state index in [2.05, 4.69) is 13.8 Å². The fraction of sp³-hybridized carbons (Fsp3) is 0.304. The van der Waals surface area contributed by atoms with Gasteiger partial charge in [-0.15, -0.1) is 0 Å². The van der Waals surface area contributed by atoms with E-state index >= 15 is 0 Å². The second-order valence-corrected chi connectivity index (χ2v) is 7.33. The van der Waals surface area contributed by atoms with Gasteiger partial charge in [-0.25, -0.2) is 9.79 Å². The minimum Gasteiger partial charge on any atom is -0.496 e. The largest absolute Gasteiger partial charge is 0.496 e. The van der Waals surface area contributed by atoms with Gasteiger partial charge in [0.15, 0.2) is 5.54 Å². The standard InChI is InChI=1S/C23H23NO3/c1-15-13-19(18-11-7-8-12-20(18)26-3)23(14-16(15)2)22(25)27-21(24-23)17-9-5-4-6-10-17/h4-12,19H,13-14H2,1-3H3/t19-,23-/m1/s1. The number of nitrogens with zero attached hydrogens (tertiary/aromatic N) is 1. The molecule has 0 aromatic heterocycles. The maximum Gasteiger partial charge on any atom is 0.341 e. The first-order valence-electron chi connectivity index (χ1n) is 9.21. The van der Waals surface area contributed by atoms with Gasteiger partial charge in [0.25, 0.3) is 0 Å². The van der Waals surface area contributed by atoms with Gasteiger partial charge in [-0.3, -0.25) is 0 Å². The molecule has 0 amide bonds. The van der Waals surface area contributed by atoms with Crippen molar-refractivity contribution in [3.63, 3.8) is 0 Å². The average molecular weight is 361 g/mol. The van der Waals surface area contributed by atoms with Crippen LogP contribution in [0.25, 0.3) is 0 Å². The SMILES string of the molecule is COc1ccccc1[C@H]1CC(C)=C(C)C[C@@]12N=C(c1ccccc1)OC2=O. The number of hydrogen-bond donors (Lipinski definition) is 0. The first-order valence-corrected chi connectivity index (χ1v) is 9.21. The maximum atomic E-state index is 13.2. The summed E-state index contributed by atoms with van der Waals surface area (Å²) >= 11 is 0. The van der Waals surface area contributed by atoms with Gasteiger partial charge in [0, 0.05) is 23.5 Å². The number of carbonyl (C=O) groups is 1. The molecule has 27 heavy (non-hydrogen) atoms. The summed E-state index contributed by atoms with van der Waals surface area (Å²) in [6, 6.07) is 17.5. The molecule has 4 nitrogen and oxygen atoms in total. The van der Waals surface area contributed by atoms with Crippen molar-refractivity contribution in [3.8, 4) is 5.75 Å². The van der Waals surface area contributed by atoms with Gasteiger partial charge in [0.05, 0.1) is 7.11 Å². The molecule has 2 aliphatic rings. The van der Waals surface area contributed by atoms with Gasteiger partial charge in [-0.1, -0.05) is 47.5 Å². The quantitative estimate of drug-likeness (QED) is 0.590. The number of hydrogen-bond acceptors (Lipinski definition) is 4. The van der Waals surface area contributed by atoms with E-state index in [0.717, 1.165) is 23.3 Å². The van der Waals surface area contributed by atoms with Crippen LogP contribution in [0, 0.1) is 0 Å². The lowest BCUT2D eigenvalue weighted by molar-refractivity contribution is -0.140. The van der Waals surface area contributed by atoms with Crippen molar-refractivity contribution in [3.05, 3.63) is 76.9 Å². The molecule has 2 atom stereocenters. The van der Waals surface area contributed by atoms with Crippen LogP contribution in [0.2, 0.25) is 0 Å². The molecule has 4 rings (SSSR count). The Labute approximate surface area is 159 Å². The van der Waals surface area contributed by atoms with Crippen LogP contribution in [0.4, 0.5) is 0 Å². The smallest absolute Gasteiger partial charge is 0.341 e. The number of rotatable bonds is 3. The Morgan fingerprint density at radius 2 is 1.74 bits per heavy atom. The lowest BCUT2D eigenvalue weighted by Crippen LogP contribution is -2.43. The molecule has 1 spiro atoms. The first-order chi connectivity index (χ1) is 13.0. The van der Waals surface area contributed by atoms with E-state index in [0.29, 0.717) is 12.3 Å². The van der Waals surface area contributed by atoms with Crippen LogP contribution in [0.5, 0.6) is 5.75 Å². The third-order valence-electron chi connectivity index (χ3n) is 5.73. The summed E-state index contributed by atoms with van der Waals surface area (Å²) in [7, 11) is 1.66. The number of aliphatic imine (C=N–C) groups is 1. The Kier molecular flexibility index (Phi) is 4.34. The third-order valence-corrected chi connectivity index (χ3v) is 5.73. The number of cyclic esters (lactones) is 1. The summed E-state index contributed by atoms with van der Waals surface area (Å²) in [5.41, 5.74) is 3.39. The molecule has 0 radical (unpaired) electrons. The Balaban J connectivity index is 1.87. The molecule has 0 N–H and O–H groups in total. The van der Waals surface area contributed by atoms with Crippen LogP contribution in [0.3, 0.4) is 0 Å². The van der Waals surface area contributed by atoms with Crippen LogP contribution in [0.1, 0.15) is 43.7 Å². The first kappa shape index (κ1) is 17.5. The molecule has 1 heterocycles. The normalized spacial score (nSPS) is 24.8. The van der Waals surface area contributed by atoms with Gasteiger partial charge in [0.2, 0.25) is 5.90 Å². The second-order valence-electron chi connectivity index (χ2n) is 7.33. The Morgan fingerprint density at radius 3 is 2.48 bits per heavy atom. The highest BCUT2D eigenvalue weighted by Gasteiger charge is 2.55. The number of benzene rings is 2. The van der Waals surface area contributed by atoms with Crippen molar-refractivity contribution in [2.45, 2.75) is 38.1 Å². The van der Waals surface area contributed by atoms with Crippen LogP contribution < -0.4 is 4.74 Å². The molecule has 0 saturated heterocycles.